The molecule has 0 aromatic rings. The summed E-state index contributed by atoms with van der Waals surface area (Å²) in [6, 6.07) is 0.620. The van der Waals surface area contributed by atoms with E-state index in [1.54, 1.807) is 0 Å². The zero-order valence-electron chi connectivity index (χ0n) is 15.1. The second kappa shape index (κ2) is 7.92. The Labute approximate surface area is 140 Å². The molecule has 2 aliphatic heterocycles. The van der Waals surface area contributed by atoms with Crippen LogP contribution in [-0.2, 0) is 9.53 Å². The van der Waals surface area contributed by atoms with Crippen LogP contribution in [0.3, 0.4) is 0 Å². The molecule has 6 heteroatoms. The third-order valence-corrected chi connectivity index (χ3v) is 5.26. The van der Waals surface area contributed by atoms with Crippen LogP contribution in [-0.4, -0.2) is 96.9 Å². The van der Waals surface area contributed by atoms with Gasteiger partial charge in [-0.3, -0.25) is 9.69 Å². The third kappa shape index (κ3) is 4.24. The summed E-state index contributed by atoms with van der Waals surface area (Å²) in [6.07, 6.45) is 3.37. The highest BCUT2D eigenvalue weighted by Gasteiger charge is 2.42. The highest BCUT2D eigenvalue weighted by atomic mass is 16.5. The maximum Gasteiger partial charge on any atom is 0.237 e. The lowest BCUT2D eigenvalue weighted by atomic mass is 9.95. The Morgan fingerprint density at radius 1 is 1.30 bits per heavy atom. The lowest BCUT2D eigenvalue weighted by Crippen LogP contribution is -2.66. The highest BCUT2D eigenvalue weighted by molar-refractivity contribution is 5.79. The number of rotatable bonds is 5. The number of likely N-dealkylation sites (N-methyl/N-ethyl adjacent to an activating group) is 1. The number of carbonyl (C=O) groups is 1. The second-order valence-corrected chi connectivity index (χ2v) is 7.52. The molecule has 0 bridgehead atoms. The summed E-state index contributed by atoms with van der Waals surface area (Å²) >= 11 is 0. The molecule has 0 saturated carbocycles. The summed E-state index contributed by atoms with van der Waals surface area (Å²) in [7, 11) is 3.97. The average Bonchev–Trinajstić information content (AvgIpc) is 2.48. The molecular weight excluding hydrogens is 294 g/mol. The van der Waals surface area contributed by atoms with E-state index in [4.69, 9.17) is 4.74 Å². The summed E-state index contributed by atoms with van der Waals surface area (Å²) in [5.41, 5.74) is -0.486. The van der Waals surface area contributed by atoms with Crippen LogP contribution in [0, 0.1) is 0 Å². The molecule has 3 atom stereocenters. The first-order chi connectivity index (χ1) is 10.9. The summed E-state index contributed by atoms with van der Waals surface area (Å²) in [4.78, 5) is 19.2. The maximum absolute atomic E-state index is 12.9. The molecule has 134 valence electrons. The predicted molar refractivity (Wildman–Crippen MR) is 90.4 cm³/mol. The van der Waals surface area contributed by atoms with Gasteiger partial charge in [0.2, 0.25) is 5.91 Å². The van der Waals surface area contributed by atoms with E-state index in [0.717, 1.165) is 12.8 Å². The first kappa shape index (κ1) is 18.6. The van der Waals surface area contributed by atoms with Gasteiger partial charge in [0.15, 0.2) is 0 Å². The van der Waals surface area contributed by atoms with E-state index in [1.807, 2.05) is 14.1 Å². The molecule has 1 N–H and O–H groups in total. The van der Waals surface area contributed by atoms with Gasteiger partial charge in [0.25, 0.3) is 0 Å². The van der Waals surface area contributed by atoms with Gasteiger partial charge in [-0.1, -0.05) is 0 Å². The topological polar surface area (TPSA) is 56.3 Å². The smallest absolute Gasteiger partial charge is 0.237 e. The Kier molecular flexibility index (Phi) is 6.42. The number of hydrogen-bond donors (Lipinski definition) is 1. The third-order valence-electron chi connectivity index (χ3n) is 5.26. The van der Waals surface area contributed by atoms with Gasteiger partial charge < -0.3 is 19.6 Å². The standard InChI is InChI=1S/C17H33N3O3/c1-14-6-5-7-15(2)20(14)16(22)10-19-8-9-23-13-17(19,12-21)11-18(3)4/h14-15,21H,5-13H2,1-4H3. The Morgan fingerprint density at radius 3 is 2.52 bits per heavy atom. The van der Waals surface area contributed by atoms with Gasteiger partial charge in [0.1, 0.15) is 0 Å². The van der Waals surface area contributed by atoms with Gasteiger partial charge in [0.05, 0.1) is 31.9 Å². The number of nitrogens with zero attached hydrogens (tertiary/aromatic N) is 3. The fraction of sp³-hybridized carbons (Fsp3) is 0.941. The zero-order valence-corrected chi connectivity index (χ0v) is 15.1. The van der Waals surface area contributed by atoms with E-state index in [2.05, 4.69) is 28.5 Å². The van der Waals surface area contributed by atoms with E-state index in [9.17, 15) is 9.90 Å². The van der Waals surface area contributed by atoms with Crippen LogP contribution in [0.1, 0.15) is 33.1 Å². The van der Waals surface area contributed by atoms with Crippen LogP contribution in [0.15, 0.2) is 0 Å². The minimum absolute atomic E-state index is 0.00354. The van der Waals surface area contributed by atoms with Crippen molar-refractivity contribution in [2.75, 3.05) is 53.6 Å². The molecular formula is C17H33N3O3. The van der Waals surface area contributed by atoms with Crippen molar-refractivity contribution in [3.63, 3.8) is 0 Å². The van der Waals surface area contributed by atoms with Crippen LogP contribution in [0.2, 0.25) is 0 Å². The van der Waals surface area contributed by atoms with Crippen molar-refractivity contribution in [3.05, 3.63) is 0 Å². The summed E-state index contributed by atoms with van der Waals surface area (Å²) < 4.78 is 5.62. The van der Waals surface area contributed by atoms with E-state index in [1.165, 1.54) is 6.42 Å². The largest absolute Gasteiger partial charge is 0.394 e. The van der Waals surface area contributed by atoms with E-state index >= 15 is 0 Å². The number of piperidine rings is 1. The van der Waals surface area contributed by atoms with Gasteiger partial charge in [-0.05, 0) is 47.2 Å². The number of ether oxygens (including phenoxy) is 1. The SMILES string of the molecule is CC1CCCC(C)N1C(=O)CN1CCOCC1(CO)CN(C)C. The molecule has 0 aromatic carbocycles. The second-order valence-electron chi connectivity index (χ2n) is 7.52. The number of morpholine rings is 1. The van der Waals surface area contributed by atoms with E-state index < -0.39 is 5.54 Å². The van der Waals surface area contributed by atoms with E-state index in [-0.39, 0.29) is 12.5 Å². The van der Waals surface area contributed by atoms with Crippen molar-refractivity contribution in [2.24, 2.45) is 0 Å². The van der Waals surface area contributed by atoms with Crippen molar-refractivity contribution < 1.29 is 14.6 Å². The summed E-state index contributed by atoms with van der Waals surface area (Å²) in [5, 5.41) is 10.0. The monoisotopic (exact) mass is 327 g/mol. The lowest BCUT2D eigenvalue weighted by molar-refractivity contribution is -0.147. The maximum atomic E-state index is 12.9. The Hall–Kier alpha value is -0.690. The number of amides is 1. The van der Waals surface area contributed by atoms with Crippen molar-refractivity contribution in [2.45, 2.75) is 50.7 Å². The molecule has 3 unspecified atom stereocenters. The molecule has 1 amide bonds. The van der Waals surface area contributed by atoms with Crippen molar-refractivity contribution in [1.29, 1.82) is 0 Å². The van der Waals surface area contributed by atoms with Crippen LogP contribution in [0.5, 0.6) is 0 Å². The molecule has 0 aliphatic carbocycles. The van der Waals surface area contributed by atoms with Crippen molar-refractivity contribution >= 4 is 5.91 Å². The van der Waals surface area contributed by atoms with Crippen LogP contribution in [0.4, 0.5) is 0 Å². The normalized spacial score (nSPS) is 33.2. The molecule has 0 radical (unpaired) electrons. The molecule has 0 spiro atoms. The Morgan fingerprint density at radius 2 is 1.96 bits per heavy atom. The molecule has 0 aromatic heterocycles. The fourth-order valence-corrected chi connectivity index (χ4v) is 4.10. The van der Waals surface area contributed by atoms with Gasteiger partial charge >= 0.3 is 0 Å². The number of likely N-dealkylation sites (tertiary alicyclic amines) is 1. The average molecular weight is 327 g/mol. The number of aliphatic hydroxyl groups excluding tert-OH is 1. The first-order valence-corrected chi connectivity index (χ1v) is 8.79. The number of carbonyl (C=O) groups excluding carboxylic acids is 1. The quantitative estimate of drug-likeness (QED) is 0.792. The lowest BCUT2D eigenvalue weighted by Gasteiger charge is -2.48. The molecule has 2 rings (SSSR count). The van der Waals surface area contributed by atoms with Gasteiger partial charge in [0, 0.05) is 25.2 Å². The molecule has 2 aliphatic rings. The highest BCUT2D eigenvalue weighted by Crippen LogP contribution is 2.25. The molecule has 2 heterocycles. The molecule has 6 nitrogen and oxygen atoms in total. The first-order valence-electron chi connectivity index (χ1n) is 8.79. The predicted octanol–water partition coefficient (Wildman–Crippen LogP) is 0.401. The van der Waals surface area contributed by atoms with Gasteiger partial charge in [-0.2, -0.15) is 0 Å². The fourth-order valence-electron chi connectivity index (χ4n) is 4.10. The van der Waals surface area contributed by atoms with Gasteiger partial charge in [-0.15, -0.1) is 0 Å². The summed E-state index contributed by atoms with van der Waals surface area (Å²) in [5.74, 6) is 0.184. The Bertz CT molecular complexity index is 395. The zero-order chi connectivity index (χ0) is 17.0. The number of aliphatic hydroxyl groups is 1. The number of hydrogen-bond acceptors (Lipinski definition) is 5. The molecule has 2 saturated heterocycles. The van der Waals surface area contributed by atoms with Crippen molar-refractivity contribution in [3.8, 4) is 0 Å². The van der Waals surface area contributed by atoms with Crippen molar-refractivity contribution in [1.82, 2.24) is 14.7 Å². The van der Waals surface area contributed by atoms with E-state index in [0.29, 0.717) is 44.9 Å². The minimum Gasteiger partial charge on any atom is -0.394 e. The Balaban J connectivity index is 2.10. The van der Waals surface area contributed by atoms with Crippen LogP contribution >= 0.6 is 0 Å². The molecule has 23 heavy (non-hydrogen) atoms. The molecule has 2 fully saturated rings. The summed E-state index contributed by atoms with van der Waals surface area (Å²) in [6.45, 7) is 7.13. The van der Waals surface area contributed by atoms with Crippen LogP contribution in [0.25, 0.3) is 0 Å². The minimum atomic E-state index is -0.486. The van der Waals surface area contributed by atoms with Gasteiger partial charge in [-0.25, -0.2) is 0 Å². The van der Waals surface area contributed by atoms with Crippen LogP contribution < -0.4 is 0 Å².